The zero-order valence-corrected chi connectivity index (χ0v) is 13.2. The van der Waals surface area contributed by atoms with E-state index in [1.807, 2.05) is 36.7 Å². The van der Waals surface area contributed by atoms with Crippen LogP contribution in [0.4, 0.5) is 0 Å². The molecular formula is C19H22N2O2. The van der Waals surface area contributed by atoms with Crippen LogP contribution in [0.15, 0.2) is 47.3 Å². The average Bonchev–Trinajstić information content (AvgIpc) is 3.29. The molecule has 1 saturated carbocycles. The summed E-state index contributed by atoms with van der Waals surface area (Å²) >= 11 is 0. The fourth-order valence-electron chi connectivity index (χ4n) is 3.80. The van der Waals surface area contributed by atoms with Gasteiger partial charge >= 0.3 is 0 Å². The second-order valence-electron chi connectivity index (χ2n) is 6.64. The Morgan fingerprint density at radius 3 is 2.83 bits per heavy atom. The van der Waals surface area contributed by atoms with Crippen LogP contribution in [0.2, 0.25) is 0 Å². The smallest absolute Gasteiger partial charge is 0.226 e. The molecule has 120 valence electrons. The van der Waals surface area contributed by atoms with Crippen molar-refractivity contribution in [2.75, 3.05) is 6.54 Å². The molecule has 4 heteroatoms. The van der Waals surface area contributed by atoms with Crippen molar-refractivity contribution in [2.24, 2.45) is 5.92 Å². The summed E-state index contributed by atoms with van der Waals surface area (Å²) in [5, 5.41) is 0. The molecular weight excluding hydrogens is 288 g/mol. The highest BCUT2D eigenvalue weighted by Gasteiger charge is 2.48. The number of likely N-dealkylation sites (tertiary alicyclic amines) is 1. The average molecular weight is 310 g/mol. The van der Waals surface area contributed by atoms with Crippen molar-refractivity contribution in [3.8, 4) is 0 Å². The van der Waals surface area contributed by atoms with Gasteiger partial charge in [-0.15, -0.1) is 0 Å². The standard InChI is InChI=1S/C19H22N2O2/c22-19(16-13-15(16)18-6-4-12-23-18)21-11-3-1-2-5-17(21)14-7-9-20-10-8-14/h4,6-10,12,15-17H,1-3,5,11,13H2. The molecule has 0 spiro atoms. The number of rotatable bonds is 3. The molecule has 0 N–H and O–H groups in total. The minimum absolute atomic E-state index is 0.101. The Balaban J connectivity index is 1.54. The molecule has 2 aromatic rings. The van der Waals surface area contributed by atoms with Crippen LogP contribution in [0.3, 0.4) is 0 Å². The second-order valence-corrected chi connectivity index (χ2v) is 6.64. The lowest BCUT2D eigenvalue weighted by Crippen LogP contribution is -2.36. The molecule has 2 aromatic heterocycles. The molecule has 1 aliphatic heterocycles. The molecule has 1 saturated heterocycles. The third-order valence-corrected chi connectivity index (χ3v) is 5.14. The van der Waals surface area contributed by atoms with Gasteiger partial charge in [0, 0.05) is 30.8 Å². The first-order chi connectivity index (χ1) is 11.3. The Labute approximate surface area is 136 Å². The monoisotopic (exact) mass is 310 g/mol. The summed E-state index contributed by atoms with van der Waals surface area (Å²) in [6.07, 6.45) is 10.8. The van der Waals surface area contributed by atoms with Gasteiger partial charge in [0.05, 0.1) is 12.3 Å². The van der Waals surface area contributed by atoms with Gasteiger partial charge in [0.25, 0.3) is 0 Å². The predicted octanol–water partition coefficient (Wildman–Crippen LogP) is 3.92. The van der Waals surface area contributed by atoms with Crippen molar-refractivity contribution in [1.29, 1.82) is 0 Å². The minimum Gasteiger partial charge on any atom is -0.469 e. The number of carbonyl (C=O) groups is 1. The van der Waals surface area contributed by atoms with Gasteiger partial charge in [-0.2, -0.15) is 0 Å². The largest absolute Gasteiger partial charge is 0.469 e. The van der Waals surface area contributed by atoms with Crippen molar-refractivity contribution in [1.82, 2.24) is 9.88 Å². The van der Waals surface area contributed by atoms with E-state index in [1.165, 1.54) is 18.4 Å². The molecule has 3 unspecified atom stereocenters. The second kappa shape index (κ2) is 6.19. The first kappa shape index (κ1) is 14.5. The molecule has 4 nitrogen and oxygen atoms in total. The van der Waals surface area contributed by atoms with Crippen molar-refractivity contribution < 1.29 is 9.21 Å². The van der Waals surface area contributed by atoms with Gasteiger partial charge in [-0.1, -0.05) is 12.8 Å². The molecule has 1 aliphatic carbocycles. The van der Waals surface area contributed by atoms with Gasteiger partial charge in [0.15, 0.2) is 0 Å². The number of pyridine rings is 1. The topological polar surface area (TPSA) is 46.3 Å². The zero-order chi connectivity index (χ0) is 15.6. The highest BCUT2D eigenvalue weighted by molar-refractivity contribution is 5.83. The number of nitrogens with zero attached hydrogens (tertiary/aromatic N) is 2. The van der Waals surface area contributed by atoms with E-state index in [9.17, 15) is 4.79 Å². The molecule has 0 radical (unpaired) electrons. The lowest BCUT2D eigenvalue weighted by Gasteiger charge is -2.30. The Bertz CT molecular complexity index is 653. The maximum atomic E-state index is 13.1. The van der Waals surface area contributed by atoms with Crippen LogP contribution in [-0.4, -0.2) is 22.3 Å². The van der Waals surface area contributed by atoms with Crippen molar-refractivity contribution in [3.05, 3.63) is 54.2 Å². The van der Waals surface area contributed by atoms with E-state index in [1.54, 1.807) is 6.26 Å². The summed E-state index contributed by atoms with van der Waals surface area (Å²) in [5.74, 6) is 1.64. The van der Waals surface area contributed by atoms with Gasteiger partial charge in [0.1, 0.15) is 5.76 Å². The van der Waals surface area contributed by atoms with Gasteiger partial charge in [-0.3, -0.25) is 9.78 Å². The number of hydrogen-bond acceptors (Lipinski definition) is 3. The van der Waals surface area contributed by atoms with Crippen LogP contribution in [0.25, 0.3) is 0 Å². The summed E-state index contributed by atoms with van der Waals surface area (Å²) in [7, 11) is 0. The van der Waals surface area contributed by atoms with Gasteiger partial charge in [-0.25, -0.2) is 0 Å². The number of carbonyl (C=O) groups excluding carboxylic acids is 1. The Morgan fingerprint density at radius 2 is 2.04 bits per heavy atom. The summed E-state index contributed by atoms with van der Waals surface area (Å²) in [5.41, 5.74) is 1.21. The van der Waals surface area contributed by atoms with E-state index in [2.05, 4.69) is 9.88 Å². The van der Waals surface area contributed by atoms with Crippen molar-refractivity contribution >= 4 is 5.91 Å². The van der Waals surface area contributed by atoms with Gasteiger partial charge in [0.2, 0.25) is 5.91 Å². The number of hydrogen-bond donors (Lipinski definition) is 0. The molecule has 2 fully saturated rings. The van der Waals surface area contributed by atoms with E-state index < -0.39 is 0 Å². The van der Waals surface area contributed by atoms with Crippen LogP contribution < -0.4 is 0 Å². The van der Waals surface area contributed by atoms with Gasteiger partial charge in [-0.05, 0) is 49.1 Å². The fraction of sp³-hybridized carbons (Fsp3) is 0.474. The van der Waals surface area contributed by atoms with E-state index >= 15 is 0 Å². The Morgan fingerprint density at radius 1 is 1.17 bits per heavy atom. The van der Waals surface area contributed by atoms with Crippen LogP contribution >= 0.6 is 0 Å². The Hall–Kier alpha value is -2.10. The molecule has 0 bridgehead atoms. The van der Waals surface area contributed by atoms with Crippen molar-refractivity contribution in [2.45, 2.75) is 44.1 Å². The highest BCUT2D eigenvalue weighted by atomic mass is 16.3. The first-order valence-corrected chi connectivity index (χ1v) is 8.58. The molecule has 3 heterocycles. The van der Waals surface area contributed by atoms with Gasteiger partial charge < -0.3 is 9.32 Å². The normalized spacial score (nSPS) is 27.5. The third kappa shape index (κ3) is 2.90. The van der Waals surface area contributed by atoms with Crippen LogP contribution in [0.5, 0.6) is 0 Å². The molecule has 4 rings (SSSR count). The molecule has 23 heavy (non-hydrogen) atoms. The molecule has 3 atom stereocenters. The first-order valence-electron chi connectivity index (χ1n) is 8.58. The van der Waals surface area contributed by atoms with Crippen LogP contribution in [0, 0.1) is 5.92 Å². The van der Waals surface area contributed by atoms with Crippen LogP contribution in [-0.2, 0) is 4.79 Å². The quantitative estimate of drug-likeness (QED) is 0.863. The molecule has 0 aromatic carbocycles. The fourth-order valence-corrected chi connectivity index (χ4v) is 3.80. The van der Waals surface area contributed by atoms with E-state index in [0.29, 0.717) is 5.91 Å². The summed E-state index contributed by atoms with van der Waals surface area (Å²) in [6, 6.07) is 8.19. The summed E-state index contributed by atoms with van der Waals surface area (Å²) < 4.78 is 5.48. The zero-order valence-electron chi connectivity index (χ0n) is 13.2. The predicted molar refractivity (Wildman–Crippen MR) is 86.7 cm³/mol. The van der Waals surface area contributed by atoms with E-state index in [4.69, 9.17) is 4.42 Å². The lowest BCUT2D eigenvalue weighted by atomic mass is 10.0. The minimum atomic E-state index is 0.101. The summed E-state index contributed by atoms with van der Waals surface area (Å²) in [4.78, 5) is 19.3. The van der Waals surface area contributed by atoms with E-state index in [-0.39, 0.29) is 17.9 Å². The molecule has 1 amide bonds. The lowest BCUT2D eigenvalue weighted by molar-refractivity contribution is -0.135. The summed E-state index contributed by atoms with van der Waals surface area (Å²) in [6.45, 7) is 0.868. The Kier molecular flexibility index (Phi) is 3.90. The third-order valence-electron chi connectivity index (χ3n) is 5.14. The molecule has 2 aliphatic rings. The van der Waals surface area contributed by atoms with Crippen molar-refractivity contribution in [3.63, 3.8) is 0 Å². The number of furan rings is 1. The van der Waals surface area contributed by atoms with Crippen LogP contribution in [0.1, 0.15) is 55.4 Å². The number of aromatic nitrogens is 1. The highest BCUT2D eigenvalue weighted by Crippen LogP contribution is 2.49. The maximum absolute atomic E-state index is 13.1. The SMILES string of the molecule is O=C(C1CC1c1ccco1)N1CCCCCC1c1ccncc1. The maximum Gasteiger partial charge on any atom is 0.226 e. The number of amides is 1. The van der Waals surface area contributed by atoms with E-state index in [0.717, 1.165) is 31.6 Å².